The van der Waals surface area contributed by atoms with E-state index in [2.05, 4.69) is 5.32 Å². The number of ether oxygens (including phenoxy) is 1. The maximum Gasteiger partial charge on any atom is 0.185 e. The molecule has 19 heavy (non-hydrogen) atoms. The van der Waals surface area contributed by atoms with Crippen molar-refractivity contribution >= 4 is 5.78 Å². The van der Waals surface area contributed by atoms with Gasteiger partial charge in [-0.15, -0.1) is 0 Å². The molecule has 1 saturated carbocycles. The standard InChI is InChI=1S/C15H21NO3/c1-3-16-15(10-6-8-12(17)14(15)18)11-7-4-5-9-13(11)19-2/h4-5,7,9,12,16-17H,3,6,8,10H2,1-2H3/t12-,15-/m1/s1. The van der Waals surface area contributed by atoms with Gasteiger partial charge in [-0.25, -0.2) is 0 Å². The minimum absolute atomic E-state index is 0.148. The molecule has 104 valence electrons. The average molecular weight is 263 g/mol. The second kappa shape index (κ2) is 5.72. The van der Waals surface area contributed by atoms with E-state index in [4.69, 9.17) is 4.74 Å². The maximum atomic E-state index is 12.5. The number of aliphatic hydroxyl groups excluding tert-OH is 1. The lowest BCUT2D eigenvalue weighted by Crippen LogP contribution is -2.55. The van der Waals surface area contributed by atoms with E-state index >= 15 is 0 Å². The van der Waals surface area contributed by atoms with Crippen LogP contribution in [0.5, 0.6) is 5.75 Å². The highest BCUT2D eigenvalue weighted by atomic mass is 16.5. The van der Waals surface area contributed by atoms with Crippen LogP contribution in [0.4, 0.5) is 0 Å². The van der Waals surface area contributed by atoms with Crippen LogP contribution in [0.3, 0.4) is 0 Å². The number of aliphatic hydroxyl groups is 1. The molecule has 1 aliphatic carbocycles. The van der Waals surface area contributed by atoms with Gasteiger partial charge in [0, 0.05) is 5.56 Å². The number of ketones is 1. The Morgan fingerprint density at radius 3 is 2.89 bits per heavy atom. The Hall–Kier alpha value is -1.39. The topological polar surface area (TPSA) is 58.6 Å². The van der Waals surface area contributed by atoms with E-state index in [-0.39, 0.29) is 5.78 Å². The average Bonchev–Trinajstić information content (AvgIpc) is 2.44. The molecule has 0 heterocycles. The molecule has 1 aliphatic rings. The quantitative estimate of drug-likeness (QED) is 0.866. The first kappa shape index (κ1) is 14.0. The number of hydrogen-bond acceptors (Lipinski definition) is 4. The highest BCUT2D eigenvalue weighted by Gasteiger charge is 2.46. The number of para-hydroxylation sites is 1. The fourth-order valence-electron chi connectivity index (χ4n) is 2.94. The van der Waals surface area contributed by atoms with Gasteiger partial charge in [-0.1, -0.05) is 25.1 Å². The van der Waals surface area contributed by atoms with E-state index in [9.17, 15) is 9.90 Å². The summed E-state index contributed by atoms with van der Waals surface area (Å²) >= 11 is 0. The van der Waals surface area contributed by atoms with Crippen molar-refractivity contribution in [3.8, 4) is 5.75 Å². The Bertz CT molecular complexity index is 456. The van der Waals surface area contributed by atoms with E-state index in [0.717, 1.165) is 12.0 Å². The number of carbonyl (C=O) groups excluding carboxylic acids is 1. The molecule has 0 bridgehead atoms. The molecule has 4 heteroatoms. The third kappa shape index (κ3) is 2.38. The lowest BCUT2D eigenvalue weighted by molar-refractivity contribution is -0.138. The molecule has 0 aliphatic heterocycles. The lowest BCUT2D eigenvalue weighted by atomic mass is 9.74. The number of methoxy groups -OCH3 is 1. The van der Waals surface area contributed by atoms with Gasteiger partial charge in [-0.05, 0) is 31.9 Å². The lowest BCUT2D eigenvalue weighted by Gasteiger charge is -2.39. The van der Waals surface area contributed by atoms with Gasteiger partial charge in [0.2, 0.25) is 0 Å². The van der Waals surface area contributed by atoms with Crippen LogP contribution in [0, 0.1) is 0 Å². The number of nitrogens with one attached hydrogen (secondary N) is 1. The van der Waals surface area contributed by atoms with Crippen molar-refractivity contribution in [2.24, 2.45) is 0 Å². The molecule has 2 atom stereocenters. The van der Waals surface area contributed by atoms with Crippen molar-refractivity contribution in [3.05, 3.63) is 29.8 Å². The first-order chi connectivity index (χ1) is 9.15. The van der Waals surface area contributed by atoms with Crippen LogP contribution < -0.4 is 10.1 Å². The zero-order chi connectivity index (χ0) is 13.9. The highest BCUT2D eigenvalue weighted by Crippen LogP contribution is 2.39. The van der Waals surface area contributed by atoms with Crippen LogP contribution in [0.25, 0.3) is 0 Å². The smallest absolute Gasteiger partial charge is 0.185 e. The summed E-state index contributed by atoms with van der Waals surface area (Å²) in [6, 6.07) is 7.52. The van der Waals surface area contributed by atoms with Gasteiger partial charge in [0.25, 0.3) is 0 Å². The molecule has 0 radical (unpaired) electrons. The number of likely N-dealkylation sites (N-methyl/N-ethyl adjacent to an activating group) is 1. The molecule has 2 rings (SSSR count). The number of Topliss-reactive ketones (excluding diaryl/α,β-unsaturated/α-hetero) is 1. The van der Waals surface area contributed by atoms with Crippen molar-refractivity contribution < 1.29 is 14.6 Å². The van der Waals surface area contributed by atoms with E-state index in [1.54, 1.807) is 7.11 Å². The third-order valence-electron chi connectivity index (χ3n) is 3.80. The van der Waals surface area contributed by atoms with Gasteiger partial charge in [0.15, 0.2) is 5.78 Å². The van der Waals surface area contributed by atoms with Crippen molar-refractivity contribution in [1.29, 1.82) is 0 Å². The van der Waals surface area contributed by atoms with Crippen LogP contribution in [-0.2, 0) is 10.3 Å². The molecule has 4 nitrogen and oxygen atoms in total. The summed E-state index contributed by atoms with van der Waals surface area (Å²) in [5.74, 6) is 0.538. The largest absolute Gasteiger partial charge is 0.496 e. The summed E-state index contributed by atoms with van der Waals surface area (Å²) in [5, 5.41) is 13.2. The summed E-state index contributed by atoms with van der Waals surface area (Å²) in [4.78, 5) is 12.5. The first-order valence-electron chi connectivity index (χ1n) is 6.76. The number of hydrogen-bond donors (Lipinski definition) is 2. The normalized spacial score (nSPS) is 27.3. The summed E-state index contributed by atoms with van der Waals surface area (Å²) in [7, 11) is 1.60. The van der Waals surface area contributed by atoms with Gasteiger partial charge < -0.3 is 15.2 Å². The molecule has 2 N–H and O–H groups in total. The van der Waals surface area contributed by atoms with Crippen molar-refractivity contribution in [3.63, 3.8) is 0 Å². The molecular formula is C15H21NO3. The predicted octanol–water partition coefficient (Wildman–Crippen LogP) is 1.61. The van der Waals surface area contributed by atoms with Gasteiger partial charge in [-0.2, -0.15) is 0 Å². The molecular weight excluding hydrogens is 242 g/mol. The Morgan fingerprint density at radius 2 is 2.21 bits per heavy atom. The van der Waals surface area contributed by atoms with Gasteiger partial charge >= 0.3 is 0 Å². The molecule has 1 aromatic rings. The molecule has 0 amide bonds. The van der Waals surface area contributed by atoms with Crippen molar-refractivity contribution in [2.45, 2.75) is 37.8 Å². The Morgan fingerprint density at radius 1 is 1.47 bits per heavy atom. The maximum absolute atomic E-state index is 12.5. The third-order valence-corrected chi connectivity index (χ3v) is 3.80. The van der Waals surface area contributed by atoms with Crippen molar-refractivity contribution in [1.82, 2.24) is 5.32 Å². The van der Waals surface area contributed by atoms with Crippen LogP contribution in [0.15, 0.2) is 24.3 Å². The predicted molar refractivity (Wildman–Crippen MR) is 73.2 cm³/mol. The van der Waals surface area contributed by atoms with E-state index in [0.29, 0.717) is 25.1 Å². The molecule has 0 spiro atoms. The van der Waals surface area contributed by atoms with Crippen LogP contribution in [-0.4, -0.2) is 30.6 Å². The van der Waals surface area contributed by atoms with E-state index in [1.165, 1.54) is 0 Å². The Balaban J connectivity index is 2.52. The second-order valence-corrected chi connectivity index (χ2v) is 4.91. The minimum atomic E-state index is -0.891. The van der Waals surface area contributed by atoms with Gasteiger partial charge in [0.05, 0.1) is 7.11 Å². The SMILES string of the molecule is CCN[C@@]1(c2ccccc2OC)CCC[C@@H](O)C1=O. The Kier molecular flexibility index (Phi) is 4.22. The summed E-state index contributed by atoms with van der Waals surface area (Å²) in [6.07, 6.45) is 1.16. The Labute approximate surface area is 113 Å². The first-order valence-corrected chi connectivity index (χ1v) is 6.76. The summed E-state index contributed by atoms with van der Waals surface area (Å²) in [5.41, 5.74) is 0.00190. The van der Waals surface area contributed by atoms with E-state index in [1.807, 2.05) is 31.2 Å². The minimum Gasteiger partial charge on any atom is -0.496 e. The monoisotopic (exact) mass is 263 g/mol. The highest BCUT2D eigenvalue weighted by molar-refractivity contribution is 5.94. The zero-order valence-electron chi connectivity index (χ0n) is 11.5. The molecule has 1 fully saturated rings. The fourth-order valence-corrected chi connectivity index (χ4v) is 2.94. The van der Waals surface area contributed by atoms with Crippen molar-refractivity contribution in [2.75, 3.05) is 13.7 Å². The van der Waals surface area contributed by atoms with Crippen LogP contribution >= 0.6 is 0 Å². The second-order valence-electron chi connectivity index (χ2n) is 4.91. The zero-order valence-corrected chi connectivity index (χ0v) is 11.5. The molecule has 0 aromatic heterocycles. The number of carbonyl (C=O) groups is 1. The summed E-state index contributed by atoms with van der Waals surface area (Å²) < 4.78 is 5.38. The van der Waals surface area contributed by atoms with Gasteiger partial charge in [-0.3, -0.25) is 4.79 Å². The fraction of sp³-hybridized carbons (Fsp3) is 0.533. The number of benzene rings is 1. The molecule has 1 aromatic carbocycles. The molecule has 0 saturated heterocycles. The van der Waals surface area contributed by atoms with Crippen LogP contribution in [0.1, 0.15) is 31.7 Å². The van der Waals surface area contributed by atoms with Gasteiger partial charge in [0.1, 0.15) is 17.4 Å². The molecule has 0 unspecified atom stereocenters. The van der Waals surface area contributed by atoms with Crippen LogP contribution in [0.2, 0.25) is 0 Å². The number of rotatable bonds is 4. The van der Waals surface area contributed by atoms with E-state index < -0.39 is 11.6 Å². The summed E-state index contributed by atoms with van der Waals surface area (Å²) in [6.45, 7) is 2.63.